The van der Waals surface area contributed by atoms with Crippen molar-refractivity contribution in [1.82, 2.24) is 9.62 Å². The number of carbonyl (C=O) groups is 1. The third kappa shape index (κ3) is 3.64. The standard InChI is InChI=1S/C17H24FN3O4S/c1-17(2,3)12-8-20(9-12)5-4-11-6-13(18)16(14(22)7-11)21-10-15(23)19-26(21,24)25/h6-7,12,22H,4-5,8-10H2,1-3H3,(H,19,23). The molecule has 1 amide bonds. The van der Waals surface area contributed by atoms with Gasteiger partial charge in [-0.05, 0) is 35.4 Å². The second kappa shape index (κ2) is 6.38. The molecule has 2 fully saturated rings. The van der Waals surface area contributed by atoms with Crippen molar-refractivity contribution in [2.45, 2.75) is 27.2 Å². The first kappa shape index (κ1) is 18.9. The Kier molecular flexibility index (Phi) is 4.64. The molecule has 0 unspecified atom stereocenters. The number of halogens is 1. The molecule has 0 atom stereocenters. The van der Waals surface area contributed by atoms with Crippen molar-refractivity contribution < 1.29 is 22.7 Å². The Bertz CT molecular complexity index is 806. The van der Waals surface area contributed by atoms with E-state index in [1.54, 1.807) is 4.72 Å². The van der Waals surface area contributed by atoms with Gasteiger partial charge < -0.3 is 10.0 Å². The zero-order valence-electron chi connectivity index (χ0n) is 15.1. The van der Waals surface area contributed by atoms with E-state index in [0.717, 1.165) is 19.6 Å². The van der Waals surface area contributed by atoms with Crippen molar-refractivity contribution in [3.63, 3.8) is 0 Å². The van der Waals surface area contributed by atoms with E-state index in [-0.39, 0.29) is 5.41 Å². The molecule has 1 aromatic rings. The fourth-order valence-electron chi connectivity index (χ4n) is 3.26. The zero-order chi connectivity index (χ0) is 19.3. The summed E-state index contributed by atoms with van der Waals surface area (Å²) in [5, 5.41) is 10.1. The molecule has 0 aliphatic carbocycles. The molecule has 7 nitrogen and oxygen atoms in total. The third-order valence-electron chi connectivity index (χ3n) is 5.07. The number of nitrogens with zero attached hydrogens (tertiary/aromatic N) is 2. The van der Waals surface area contributed by atoms with Crippen LogP contribution in [0.25, 0.3) is 0 Å². The molecule has 0 saturated carbocycles. The maximum Gasteiger partial charge on any atom is 0.326 e. The molecule has 9 heteroatoms. The second-order valence-electron chi connectivity index (χ2n) is 8.05. The summed E-state index contributed by atoms with van der Waals surface area (Å²) in [6.45, 7) is 8.83. The molecular formula is C17H24FN3O4S. The monoisotopic (exact) mass is 385 g/mol. The highest BCUT2D eigenvalue weighted by Crippen LogP contribution is 2.36. The smallest absolute Gasteiger partial charge is 0.326 e. The minimum Gasteiger partial charge on any atom is -0.506 e. The van der Waals surface area contributed by atoms with Crippen molar-refractivity contribution in [2.24, 2.45) is 11.3 Å². The number of rotatable bonds is 4. The molecule has 2 heterocycles. The minimum absolute atomic E-state index is 0.273. The van der Waals surface area contributed by atoms with Crippen LogP contribution in [0.1, 0.15) is 26.3 Å². The third-order valence-corrected chi connectivity index (χ3v) is 6.45. The Morgan fingerprint density at radius 1 is 1.31 bits per heavy atom. The average molecular weight is 385 g/mol. The fourth-order valence-corrected chi connectivity index (χ4v) is 4.43. The summed E-state index contributed by atoms with van der Waals surface area (Å²) in [6.07, 6.45) is 0.547. The highest BCUT2D eigenvalue weighted by atomic mass is 32.2. The van der Waals surface area contributed by atoms with E-state index in [1.807, 2.05) is 0 Å². The average Bonchev–Trinajstić information content (AvgIpc) is 2.67. The van der Waals surface area contributed by atoms with E-state index >= 15 is 0 Å². The van der Waals surface area contributed by atoms with Crippen LogP contribution in [-0.4, -0.2) is 50.5 Å². The number of hydrogen-bond acceptors (Lipinski definition) is 5. The Morgan fingerprint density at radius 3 is 2.46 bits per heavy atom. The quantitative estimate of drug-likeness (QED) is 0.814. The number of nitrogens with one attached hydrogen (secondary N) is 1. The zero-order valence-corrected chi connectivity index (χ0v) is 15.9. The largest absolute Gasteiger partial charge is 0.506 e. The normalized spacial score (nSPS) is 20.9. The van der Waals surface area contributed by atoms with Crippen molar-refractivity contribution in [3.8, 4) is 5.75 Å². The molecule has 26 heavy (non-hydrogen) atoms. The molecule has 0 bridgehead atoms. The first-order valence-electron chi connectivity index (χ1n) is 8.54. The number of hydrogen-bond donors (Lipinski definition) is 2. The minimum atomic E-state index is -4.16. The molecule has 3 rings (SSSR count). The van der Waals surface area contributed by atoms with Gasteiger partial charge in [0.05, 0.1) is 0 Å². The van der Waals surface area contributed by atoms with Crippen LogP contribution >= 0.6 is 0 Å². The number of anilines is 1. The summed E-state index contributed by atoms with van der Waals surface area (Å²) in [6, 6.07) is 2.58. The van der Waals surface area contributed by atoms with Crippen molar-refractivity contribution in [3.05, 3.63) is 23.5 Å². The van der Waals surface area contributed by atoms with E-state index in [4.69, 9.17) is 0 Å². The topological polar surface area (TPSA) is 89.9 Å². The van der Waals surface area contributed by atoms with Gasteiger partial charge in [-0.25, -0.2) is 13.4 Å². The molecule has 2 aliphatic rings. The molecule has 0 aromatic heterocycles. The maximum absolute atomic E-state index is 14.5. The van der Waals surface area contributed by atoms with Crippen LogP contribution in [0.3, 0.4) is 0 Å². The summed E-state index contributed by atoms with van der Waals surface area (Å²) >= 11 is 0. The number of phenols is 1. The number of carbonyl (C=O) groups excluding carboxylic acids is 1. The SMILES string of the molecule is CC(C)(C)C1CN(CCc2cc(O)c(N3CC(=O)NS3(=O)=O)c(F)c2)C1. The molecule has 144 valence electrons. The van der Waals surface area contributed by atoms with Gasteiger partial charge in [-0.3, -0.25) is 4.79 Å². The summed E-state index contributed by atoms with van der Waals surface area (Å²) < 4.78 is 40.4. The second-order valence-corrected chi connectivity index (χ2v) is 9.65. The summed E-state index contributed by atoms with van der Waals surface area (Å²) in [4.78, 5) is 13.6. The lowest BCUT2D eigenvalue weighted by Gasteiger charge is -2.46. The predicted octanol–water partition coefficient (Wildman–Crippen LogP) is 1.23. The van der Waals surface area contributed by atoms with Crippen LogP contribution in [-0.2, 0) is 21.4 Å². The van der Waals surface area contributed by atoms with E-state index in [0.29, 0.717) is 22.2 Å². The number of benzene rings is 1. The molecule has 1 aromatic carbocycles. The van der Waals surface area contributed by atoms with Crippen LogP contribution in [0.4, 0.5) is 10.1 Å². The Balaban J connectivity index is 1.68. The van der Waals surface area contributed by atoms with Gasteiger partial charge >= 0.3 is 10.2 Å². The summed E-state index contributed by atoms with van der Waals surface area (Å²) in [5.74, 6) is -1.48. The molecular weight excluding hydrogens is 361 g/mol. The van der Waals surface area contributed by atoms with Gasteiger partial charge in [0.15, 0.2) is 5.82 Å². The number of amides is 1. The predicted molar refractivity (Wildman–Crippen MR) is 95.6 cm³/mol. The molecule has 0 spiro atoms. The highest BCUT2D eigenvalue weighted by Gasteiger charge is 2.38. The molecule has 2 saturated heterocycles. The van der Waals surface area contributed by atoms with Gasteiger partial charge in [-0.2, -0.15) is 8.42 Å². The van der Waals surface area contributed by atoms with E-state index < -0.39 is 39.9 Å². The van der Waals surface area contributed by atoms with Crippen LogP contribution in [0.15, 0.2) is 12.1 Å². The van der Waals surface area contributed by atoms with Gasteiger partial charge in [-0.1, -0.05) is 20.8 Å². The number of phenolic OH excluding ortho intramolecular Hbond substituents is 1. The van der Waals surface area contributed by atoms with Crippen molar-refractivity contribution in [1.29, 1.82) is 0 Å². The summed E-state index contributed by atoms with van der Waals surface area (Å²) in [7, 11) is -4.16. The Hall–Kier alpha value is -1.87. The summed E-state index contributed by atoms with van der Waals surface area (Å²) in [5.41, 5.74) is 0.359. The van der Waals surface area contributed by atoms with Gasteiger partial charge in [-0.15, -0.1) is 0 Å². The molecule has 2 N–H and O–H groups in total. The van der Waals surface area contributed by atoms with E-state index in [9.17, 15) is 22.7 Å². The van der Waals surface area contributed by atoms with Crippen LogP contribution in [0.5, 0.6) is 5.75 Å². The van der Waals surface area contributed by atoms with Gasteiger partial charge in [0, 0.05) is 19.6 Å². The van der Waals surface area contributed by atoms with E-state index in [2.05, 4.69) is 25.7 Å². The van der Waals surface area contributed by atoms with Gasteiger partial charge in [0.1, 0.15) is 18.0 Å². The van der Waals surface area contributed by atoms with Crippen LogP contribution in [0, 0.1) is 17.2 Å². The fraction of sp³-hybridized carbons (Fsp3) is 0.588. The Morgan fingerprint density at radius 2 is 1.96 bits per heavy atom. The first-order chi connectivity index (χ1) is 12.0. The lowest BCUT2D eigenvalue weighted by Crippen LogP contribution is -2.52. The van der Waals surface area contributed by atoms with Crippen LogP contribution < -0.4 is 9.03 Å². The van der Waals surface area contributed by atoms with Crippen molar-refractivity contribution in [2.75, 3.05) is 30.5 Å². The highest BCUT2D eigenvalue weighted by molar-refractivity contribution is 7.92. The first-order valence-corrected chi connectivity index (χ1v) is 9.98. The Labute approximate surface area is 153 Å². The van der Waals surface area contributed by atoms with E-state index in [1.165, 1.54) is 12.1 Å². The number of aromatic hydroxyl groups is 1. The lowest BCUT2D eigenvalue weighted by molar-refractivity contribution is -0.117. The molecule has 0 radical (unpaired) electrons. The lowest BCUT2D eigenvalue weighted by atomic mass is 9.76. The molecule has 2 aliphatic heterocycles. The van der Waals surface area contributed by atoms with Gasteiger partial charge in [0.25, 0.3) is 5.91 Å². The number of likely N-dealkylation sites (tertiary alicyclic amines) is 1. The maximum atomic E-state index is 14.5. The van der Waals surface area contributed by atoms with Crippen LogP contribution in [0.2, 0.25) is 0 Å². The van der Waals surface area contributed by atoms with Crippen molar-refractivity contribution >= 4 is 21.8 Å². The van der Waals surface area contributed by atoms with Gasteiger partial charge in [0.2, 0.25) is 0 Å².